The number of nitrogens with two attached hydrogens (primary N) is 1. The lowest BCUT2D eigenvalue weighted by molar-refractivity contribution is -0.134. The lowest BCUT2D eigenvalue weighted by Crippen LogP contribution is -2.45. The third-order valence-electron chi connectivity index (χ3n) is 6.32. The number of anilines is 1. The van der Waals surface area contributed by atoms with E-state index in [-0.39, 0.29) is 24.7 Å². The van der Waals surface area contributed by atoms with Crippen molar-refractivity contribution in [2.45, 2.75) is 39.3 Å². The molecule has 1 aliphatic heterocycles. The van der Waals surface area contributed by atoms with Crippen molar-refractivity contribution < 1.29 is 18.7 Å². The number of ether oxygens (including phenoxy) is 2. The quantitative estimate of drug-likeness (QED) is 0.384. The molecule has 0 bridgehead atoms. The number of carbonyl (C=O) groups excluding carboxylic acids is 1. The molecule has 172 valence electrons. The van der Waals surface area contributed by atoms with Crippen LogP contribution in [0.3, 0.4) is 0 Å². The number of methoxy groups -OCH3 is 2. The predicted octanol–water partition coefficient (Wildman–Crippen LogP) is 4.71. The van der Waals surface area contributed by atoms with Gasteiger partial charge in [-0.3, -0.25) is 9.29 Å². The molecule has 2 N–H and O–H groups in total. The summed E-state index contributed by atoms with van der Waals surface area (Å²) in [5.41, 5.74) is 12.4. The number of alkyl halides is 1. The van der Waals surface area contributed by atoms with Crippen molar-refractivity contribution >= 4 is 17.7 Å². The zero-order valence-corrected chi connectivity index (χ0v) is 19.5. The first-order valence-electron chi connectivity index (χ1n) is 10.9. The largest absolute Gasteiger partial charge is 0.496 e. The lowest BCUT2D eigenvalue weighted by Gasteiger charge is -2.44. The molecule has 3 atom stereocenters. The van der Waals surface area contributed by atoms with Crippen LogP contribution in [0.5, 0.6) is 5.75 Å². The van der Waals surface area contributed by atoms with Gasteiger partial charge in [0.05, 0.1) is 26.9 Å². The highest BCUT2D eigenvalue weighted by Crippen LogP contribution is 2.43. The number of halogens is 1. The molecule has 0 saturated heterocycles. The molecule has 0 aromatic heterocycles. The first kappa shape index (κ1) is 23.8. The summed E-state index contributed by atoms with van der Waals surface area (Å²) in [7, 11) is 2.99. The molecule has 0 spiro atoms. The smallest absolute Gasteiger partial charge is 0.330 e. The number of nitrogens with zero attached hydrogens (tertiary/aromatic N) is 1. The molecule has 2 aromatic carbocycles. The second kappa shape index (κ2) is 10.2. The molecular formula is C26H33FN2O3. The summed E-state index contributed by atoms with van der Waals surface area (Å²) >= 11 is 0. The molecule has 0 saturated carbocycles. The Hall–Kier alpha value is -2.86. The maximum Gasteiger partial charge on any atom is 0.330 e. The summed E-state index contributed by atoms with van der Waals surface area (Å²) in [6, 6.07) is 10.1. The third kappa shape index (κ3) is 4.80. The Labute approximate surface area is 190 Å². The van der Waals surface area contributed by atoms with Crippen molar-refractivity contribution in [2.24, 2.45) is 5.92 Å². The van der Waals surface area contributed by atoms with Gasteiger partial charge >= 0.3 is 5.97 Å². The number of hydrogen-bond acceptors (Lipinski definition) is 5. The number of benzene rings is 2. The Kier molecular flexibility index (Phi) is 7.56. The third-order valence-corrected chi connectivity index (χ3v) is 6.32. The van der Waals surface area contributed by atoms with E-state index in [0.717, 1.165) is 34.5 Å². The Morgan fingerprint density at radius 1 is 1.28 bits per heavy atom. The van der Waals surface area contributed by atoms with Crippen LogP contribution in [0.15, 0.2) is 36.4 Å². The van der Waals surface area contributed by atoms with Crippen LogP contribution in [-0.2, 0) is 16.0 Å². The SMILES string of the molecule is COC(=O)/C=C/c1ccc([C@@H]2c3ccc(N)c(C)c3C[C@@H](C)N2C[C@H](C)CF)c(OC)c1. The molecule has 0 radical (unpaired) electrons. The summed E-state index contributed by atoms with van der Waals surface area (Å²) in [6.07, 6.45) is 3.95. The van der Waals surface area contributed by atoms with Gasteiger partial charge in [-0.25, -0.2) is 4.79 Å². The molecular weight excluding hydrogens is 407 g/mol. The van der Waals surface area contributed by atoms with Crippen molar-refractivity contribution in [1.29, 1.82) is 0 Å². The van der Waals surface area contributed by atoms with Gasteiger partial charge in [0.1, 0.15) is 5.75 Å². The highest BCUT2D eigenvalue weighted by atomic mass is 19.1. The van der Waals surface area contributed by atoms with Crippen molar-refractivity contribution in [3.05, 3.63) is 64.2 Å². The lowest BCUT2D eigenvalue weighted by atomic mass is 9.81. The molecule has 1 aliphatic rings. The molecule has 0 aliphatic carbocycles. The molecule has 0 fully saturated rings. The van der Waals surface area contributed by atoms with Crippen LogP contribution in [-0.4, -0.2) is 44.3 Å². The first-order valence-corrected chi connectivity index (χ1v) is 10.9. The van der Waals surface area contributed by atoms with Crippen LogP contribution in [0.1, 0.15) is 47.7 Å². The second-order valence-corrected chi connectivity index (χ2v) is 8.62. The van der Waals surface area contributed by atoms with Crippen molar-refractivity contribution in [1.82, 2.24) is 4.90 Å². The van der Waals surface area contributed by atoms with E-state index in [9.17, 15) is 9.18 Å². The van der Waals surface area contributed by atoms with Crippen LogP contribution in [0.25, 0.3) is 6.08 Å². The summed E-state index contributed by atoms with van der Waals surface area (Å²) in [4.78, 5) is 13.8. The minimum Gasteiger partial charge on any atom is -0.496 e. The van der Waals surface area contributed by atoms with E-state index in [1.165, 1.54) is 24.3 Å². The topological polar surface area (TPSA) is 64.8 Å². The minimum atomic E-state index is -0.414. The molecule has 5 nitrogen and oxygen atoms in total. The van der Waals surface area contributed by atoms with Gasteiger partial charge in [-0.15, -0.1) is 0 Å². The van der Waals surface area contributed by atoms with E-state index in [4.69, 9.17) is 10.5 Å². The number of nitrogen functional groups attached to an aromatic ring is 1. The zero-order valence-electron chi connectivity index (χ0n) is 19.5. The normalized spacial score (nSPS) is 19.6. The standard InChI is InChI=1S/C26H33FN2O3/c1-16(14-27)15-29-17(2)12-22-18(3)23(28)10-9-20(22)26(29)21-8-6-19(13-24(21)31-4)7-11-25(30)32-5/h6-11,13,16-17,26H,12,14-15,28H2,1-5H3/b11-7+/t16-,17-,26+/m1/s1. The van der Waals surface area contributed by atoms with Crippen molar-refractivity contribution in [3.8, 4) is 5.75 Å². The number of hydrogen-bond donors (Lipinski definition) is 1. The molecule has 2 aromatic rings. The molecule has 0 unspecified atom stereocenters. The Balaban J connectivity index is 2.13. The van der Waals surface area contributed by atoms with Crippen LogP contribution < -0.4 is 10.5 Å². The Morgan fingerprint density at radius 2 is 2.00 bits per heavy atom. The average Bonchev–Trinajstić information content (AvgIpc) is 2.80. The van der Waals surface area contributed by atoms with Gasteiger partial charge in [-0.1, -0.05) is 25.1 Å². The van der Waals surface area contributed by atoms with E-state index in [1.54, 1.807) is 13.2 Å². The summed E-state index contributed by atoms with van der Waals surface area (Å²) in [5, 5.41) is 0. The fourth-order valence-corrected chi connectivity index (χ4v) is 4.50. The van der Waals surface area contributed by atoms with Crippen LogP contribution in [0, 0.1) is 12.8 Å². The van der Waals surface area contributed by atoms with Gasteiger partial charge in [0.15, 0.2) is 0 Å². The molecule has 1 heterocycles. The minimum absolute atomic E-state index is 0.0790. The number of fused-ring (bicyclic) bond motifs is 1. The van der Waals surface area contributed by atoms with Gasteiger partial charge in [-0.05, 0) is 66.6 Å². The highest BCUT2D eigenvalue weighted by Gasteiger charge is 2.36. The maximum atomic E-state index is 13.5. The highest BCUT2D eigenvalue weighted by molar-refractivity contribution is 5.87. The van der Waals surface area contributed by atoms with E-state index >= 15 is 0 Å². The van der Waals surface area contributed by atoms with Gasteiger partial charge in [0.2, 0.25) is 0 Å². The fraction of sp³-hybridized carbons (Fsp3) is 0.423. The van der Waals surface area contributed by atoms with E-state index in [2.05, 4.69) is 29.6 Å². The van der Waals surface area contributed by atoms with Crippen LogP contribution >= 0.6 is 0 Å². The molecule has 6 heteroatoms. The van der Waals surface area contributed by atoms with Gasteiger partial charge in [0.25, 0.3) is 0 Å². The second-order valence-electron chi connectivity index (χ2n) is 8.62. The summed E-state index contributed by atoms with van der Waals surface area (Å²) in [6.45, 7) is 6.46. The first-order chi connectivity index (χ1) is 15.3. The van der Waals surface area contributed by atoms with Crippen LogP contribution in [0.2, 0.25) is 0 Å². The predicted molar refractivity (Wildman–Crippen MR) is 126 cm³/mol. The zero-order chi connectivity index (χ0) is 23.4. The molecule has 32 heavy (non-hydrogen) atoms. The van der Waals surface area contributed by atoms with Gasteiger partial charge in [0, 0.05) is 29.9 Å². The maximum absolute atomic E-state index is 13.5. The number of esters is 1. The monoisotopic (exact) mass is 440 g/mol. The van der Waals surface area contributed by atoms with Crippen molar-refractivity contribution in [2.75, 3.05) is 33.2 Å². The summed E-state index contributed by atoms with van der Waals surface area (Å²) < 4.78 is 23.9. The summed E-state index contributed by atoms with van der Waals surface area (Å²) in [5.74, 6) is 0.224. The molecule has 3 rings (SSSR count). The van der Waals surface area contributed by atoms with E-state index < -0.39 is 5.97 Å². The average molecular weight is 441 g/mol. The van der Waals surface area contributed by atoms with Crippen LogP contribution in [0.4, 0.5) is 10.1 Å². The van der Waals surface area contributed by atoms with Crippen molar-refractivity contribution in [3.63, 3.8) is 0 Å². The van der Waals surface area contributed by atoms with Gasteiger partial charge in [-0.2, -0.15) is 0 Å². The Morgan fingerprint density at radius 3 is 2.66 bits per heavy atom. The fourth-order valence-electron chi connectivity index (χ4n) is 4.50. The Bertz CT molecular complexity index is 1000. The number of carbonyl (C=O) groups is 1. The molecule has 0 amide bonds. The van der Waals surface area contributed by atoms with E-state index in [0.29, 0.717) is 6.54 Å². The van der Waals surface area contributed by atoms with Gasteiger partial charge < -0.3 is 15.2 Å². The van der Waals surface area contributed by atoms with E-state index in [1.807, 2.05) is 31.2 Å². The number of rotatable bonds is 7.